The lowest BCUT2D eigenvalue weighted by Gasteiger charge is -2.45. The molecule has 3 atom stereocenters. The van der Waals surface area contributed by atoms with Gasteiger partial charge in [-0.2, -0.15) is 0 Å². The van der Waals surface area contributed by atoms with Crippen molar-refractivity contribution >= 4 is 11.8 Å². The summed E-state index contributed by atoms with van der Waals surface area (Å²) in [4.78, 5) is 22.4. The molecule has 0 heterocycles. The van der Waals surface area contributed by atoms with Crippen molar-refractivity contribution in [2.24, 2.45) is 34.6 Å². The first-order valence-electron chi connectivity index (χ1n) is 6.81. The van der Waals surface area contributed by atoms with Gasteiger partial charge in [0.1, 0.15) is 0 Å². The molecular formula is C14H26N2O2. The van der Waals surface area contributed by atoms with Crippen LogP contribution in [0.1, 0.15) is 52.9 Å². The standard InChI is InChI=1S/C14H26N2O2/c1-9(2)10-4-5-14(3,8-13(16)18)11(6-10)7-12(15)17/h9-11H,4-8H2,1-3H3,(H2,15,17)(H2,16,18). The molecule has 1 saturated carbocycles. The Bertz CT molecular complexity index is 328. The Balaban J connectivity index is 2.82. The zero-order valence-electron chi connectivity index (χ0n) is 11.7. The van der Waals surface area contributed by atoms with Gasteiger partial charge in [-0.05, 0) is 42.4 Å². The van der Waals surface area contributed by atoms with Crippen LogP contribution in [0.2, 0.25) is 0 Å². The first-order valence-corrected chi connectivity index (χ1v) is 6.81. The predicted molar refractivity (Wildman–Crippen MR) is 71.4 cm³/mol. The van der Waals surface area contributed by atoms with E-state index in [1.165, 1.54) is 0 Å². The molecule has 0 aromatic heterocycles. The van der Waals surface area contributed by atoms with Gasteiger partial charge >= 0.3 is 0 Å². The lowest BCUT2D eigenvalue weighted by Crippen LogP contribution is -2.40. The van der Waals surface area contributed by atoms with Crippen molar-refractivity contribution in [2.45, 2.75) is 52.9 Å². The maximum Gasteiger partial charge on any atom is 0.217 e. The van der Waals surface area contributed by atoms with Crippen molar-refractivity contribution in [2.75, 3.05) is 0 Å². The molecule has 0 aliphatic heterocycles. The monoisotopic (exact) mass is 254 g/mol. The molecule has 2 amide bonds. The second-order valence-electron chi connectivity index (χ2n) is 6.44. The minimum absolute atomic E-state index is 0.160. The molecular weight excluding hydrogens is 228 g/mol. The second-order valence-corrected chi connectivity index (χ2v) is 6.44. The van der Waals surface area contributed by atoms with Crippen LogP contribution in [0.15, 0.2) is 0 Å². The molecule has 1 aliphatic rings. The van der Waals surface area contributed by atoms with Crippen molar-refractivity contribution in [3.63, 3.8) is 0 Å². The van der Waals surface area contributed by atoms with E-state index in [1.54, 1.807) is 0 Å². The summed E-state index contributed by atoms with van der Waals surface area (Å²) in [5.41, 5.74) is 10.5. The van der Waals surface area contributed by atoms with E-state index in [0.717, 1.165) is 19.3 Å². The first-order chi connectivity index (χ1) is 8.24. The van der Waals surface area contributed by atoms with E-state index >= 15 is 0 Å². The van der Waals surface area contributed by atoms with Gasteiger partial charge in [0.05, 0.1) is 0 Å². The largest absolute Gasteiger partial charge is 0.370 e. The van der Waals surface area contributed by atoms with Gasteiger partial charge < -0.3 is 11.5 Å². The number of nitrogens with two attached hydrogens (primary N) is 2. The average Bonchev–Trinajstić information content (AvgIpc) is 2.19. The summed E-state index contributed by atoms with van der Waals surface area (Å²) in [6, 6.07) is 0. The minimum Gasteiger partial charge on any atom is -0.370 e. The second kappa shape index (κ2) is 5.72. The Morgan fingerprint density at radius 2 is 1.89 bits per heavy atom. The van der Waals surface area contributed by atoms with Gasteiger partial charge in [-0.3, -0.25) is 9.59 Å². The third kappa shape index (κ3) is 3.72. The summed E-state index contributed by atoms with van der Waals surface area (Å²) in [6.45, 7) is 6.49. The molecule has 1 rings (SSSR count). The Kier molecular flexibility index (Phi) is 4.77. The number of hydrogen-bond donors (Lipinski definition) is 2. The topological polar surface area (TPSA) is 86.2 Å². The minimum atomic E-state index is -0.282. The highest BCUT2D eigenvalue weighted by atomic mass is 16.1. The normalized spacial score (nSPS) is 32.4. The molecule has 4 nitrogen and oxygen atoms in total. The highest BCUT2D eigenvalue weighted by Gasteiger charge is 2.41. The Hall–Kier alpha value is -1.06. The number of carbonyl (C=O) groups excluding carboxylic acids is 2. The molecule has 4 heteroatoms. The smallest absolute Gasteiger partial charge is 0.217 e. The van der Waals surface area contributed by atoms with Crippen molar-refractivity contribution < 1.29 is 9.59 Å². The van der Waals surface area contributed by atoms with Gasteiger partial charge in [-0.25, -0.2) is 0 Å². The fraction of sp³-hybridized carbons (Fsp3) is 0.857. The van der Waals surface area contributed by atoms with E-state index in [2.05, 4.69) is 20.8 Å². The fourth-order valence-electron chi connectivity index (χ4n) is 3.30. The van der Waals surface area contributed by atoms with Gasteiger partial charge in [0.15, 0.2) is 0 Å². The van der Waals surface area contributed by atoms with E-state index in [1.807, 2.05) is 0 Å². The van der Waals surface area contributed by atoms with Crippen LogP contribution in [-0.2, 0) is 9.59 Å². The van der Waals surface area contributed by atoms with Crippen LogP contribution in [0.4, 0.5) is 0 Å². The zero-order valence-corrected chi connectivity index (χ0v) is 11.7. The number of hydrogen-bond acceptors (Lipinski definition) is 2. The van der Waals surface area contributed by atoms with E-state index in [9.17, 15) is 9.59 Å². The molecule has 0 bridgehead atoms. The average molecular weight is 254 g/mol. The first kappa shape index (κ1) is 15.0. The SMILES string of the molecule is CC(C)C1CCC(C)(CC(N)=O)C(CC(N)=O)C1. The molecule has 1 fully saturated rings. The molecule has 0 aromatic carbocycles. The van der Waals surface area contributed by atoms with Crippen molar-refractivity contribution in [3.8, 4) is 0 Å². The quantitative estimate of drug-likeness (QED) is 0.784. The Morgan fingerprint density at radius 1 is 1.28 bits per heavy atom. The Morgan fingerprint density at radius 3 is 2.33 bits per heavy atom. The van der Waals surface area contributed by atoms with E-state index in [0.29, 0.717) is 24.7 Å². The number of amides is 2. The van der Waals surface area contributed by atoms with Gasteiger partial charge in [-0.1, -0.05) is 20.8 Å². The van der Waals surface area contributed by atoms with Gasteiger partial charge in [0.2, 0.25) is 11.8 Å². The van der Waals surface area contributed by atoms with E-state index in [-0.39, 0.29) is 23.1 Å². The van der Waals surface area contributed by atoms with Gasteiger partial charge in [-0.15, -0.1) is 0 Å². The van der Waals surface area contributed by atoms with Crippen LogP contribution in [-0.4, -0.2) is 11.8 Å². The van der Waals surface area contributed by atoms with Crippen molar-refractivity contribution in [1.29, 1.82) is 0 Å². The summed E-state index contributed by atoms with van der Waals surface area (Å²) in [7, 11) is 0. The van der Waals surface area contributed by atoms with Crippen LogP contribution in [0.25, 0.3) is 0 Å². The van der Waals surface area contributed by atoms with Crippen molar-refractivity contribution in [3.05, 3.63) is 0 Å². The summed E-state index contributed by atoms with van der Waals surface area (Å²) >= 11 is 0. The predicted octanol–water partition coefficient (Wildman–Crippen LogP) is 1.82. The van der Waals surface area contributed by atoms with Crippen LogP contribution in [0.3, 0.4) is 0 Å². The molecule has 0 aromatic rings. The highest BCUT2D eigenvalue weighted by Crippen LogP contribution is 2.48. The fourth-order valence-corrected chi connectivity index (χ4v) is 3.30. The third-order valence-corrected chi connectivity index (χ3v) is 4.63. The summed E-state index contributed by atoms with van der Waals surface area (Å²) in [5, 5.41) is 0. The summed E-state index contributed by atoms with van der Waals surface area (Å²) in [5.74, 6) is 0.854. The third-order valence-electron chi connectivity index (χ3n) is 4.63. The van der Waals surface area contributed by atoms with Gasteiger partial charge in [0, 0.05) is 12.8 Å². The van der Waals surface area contributed by atoms with Crippen LogP contribution >= 0.6 is 0 Å². The molecule has 4 N–H and O–H groups in total. The summed E-state index contributed by atoms with van der Waals surface area (Å²) < 4.78 is 0. The van der Waals surface area contributed by atoms with Crippen LogP contribution < -0.4 is 11.5 Å². The lowest BCUT2D eigenvalue weighted by molar-refractivity contribution is -0.126. The number of carbonyl (C=O) groups is 2. The lowest BCUT2D eigenvalue weighted by atomic mass is 9.60. The molecule has 18 heavy (non-hydrogen) atoms. The molecule has 0 radical (unpaired) electrons. The Labute approximate surface area is 109 Å². The van der Waals surface area contributed by atoms with E-state index < -0.39 is 0 Å². The molecule has 0 saturated heterocycles. The van der Waals surface area contributed by atoms with Crippen molar-refractivity contribution in [1.82, 2.24) is 0 Å². The molecule has 3 unspecified atom stereocenters. The number of rotatable bonds is 5. The molecule has 104 valence electrons. The zero-order chi connectivity index (χ0) is 13.9. The van der Waals surface area contributed by atoms with Crippen LogP contribution in [0.5, 0.6) is 0 Å². The molecule has 0 spiro atoms. The van der Waals surface area contributed by atoms with E-state index in [4.69, 9.17) is 11.5 Å². The van der Waals surface area contributed by atoms with Gasteiger partial charge in [0.25, 0.3) is 0 Å². The highest BCUT2D eigenvalue weighted by molar-refractivity contribution is 5.76. The maximum atomic E-state index is 11.2. The molecule has 1 aliphatic carbocycles. The summed E-state index contributed by atoms with van der Waals surface area (Å²) in [6.07, 6.45) is 3.76. The van der Waals surface area contributed by atoms with Crippen LogP contribution in [0, 0.1) is 23.2 Å². The maximum absolute atomic E-state index is 11.2. The number of primary amides is 2.